The lowest BCUT2D eigenvalue weighted by Crippen LogP contribution is -2.11. The summed E-state index contributed by atoms with van der Waals surface area (Å²) in [5.41, 5.74) is 10.4. The molecule has 0 radical (unpaired) electrons. The van der Waals surface area contributed by atoms with E-state index in [1.165, 1.54) is 0 Å². The fourth-order valence-electron chi connectivity index (χ4n) is 8.93. The number of rotatable bonds is 5. The van der Waals surface area contributed by atoms with Crippen LogP contribution in [0, 0.1) is 0 Å². The maximum Gasteiger partial charge on any atom is 0.240 e. The number of benzene rings is 8. The first-order valence-electron chi connectivity index (χ1n) is 19.2. The van der Waals surface area contributed by atoms with E-state index in [1.54, 1.807) is 0 Å². The summed E-state index contributed by atoms with van der Waals surface area (Å²) in [6, 6.07) is 68.4. The van der Waals surface area contributed by atoms with Gasteiger partial charge in [0.05, 0.1) is 38.7 Å². The molecule has 0 aliphatic rings. The van der Waals surface area contributed by atoms with Gasteiger partial charge in [-0.05, 0) is 53.6 Å². The van der Waals surface area contributed by atoms with E-state index < -0.39 is 0 Å². The second kappa shape index (κ2) is 12.3. The Morgan fingerprint density at radius 1 is 0.298 bits per heavy atom. The molecule has 8 aromatic carbocycles. The average Bonchev–Trinajstić information content (AvgIpc) is 3.92. The molecule has 0 fully saturated rings. The molecule has 6 heteroatoms. The van der Waals surface area contributed by atoms with Crippen LogP contribution in [0.3, 0.4) is 0 Å². The Balaban J connectivity index is 1.29. The summed E-state index contributed by atoms with van der Waals surface area (Å²) in [5, 5.41) is 6.86. The summed E-state index contributed by atoms with van der Waals surface area (Å²) >= 11 is 0. The molecule has 0 saturated carbocycles. The van der Waals surface area contributed by atoms with Gasteiger partial charge in [-0.15, -0.1) is 0 Å². The topological polar surface area (TPSA) is 53.5 Å². The van der Waals surface area contributed by atoms with E-state index >= 15 is 0 Å². The van der Waals surface area contributed by atoms with Crippen LogP contribution in [-0.2, 0) is 0 Å². The highest BCUT2D eigenvalue weighted by molar-refractivity contribution is 6.16. The van der Waals surface area contributed by atoms with E-state index in [2.05, 4.69) is 208 Å². The molecule has 4 aromatic heterocycles. The molecule has 0 aliphatic heterocycles. The molecule has 0 saturated heterocycles. The lowest BCUT2D eigenvalue weighted by atomic mass is 9.96. The van der Waals surface area contributed by atoms with E-state index in [0.29, 0.717) is 17.7 Å². The summed E-state index contributed by atoms with van der Waals surface area (Å²) < 4.78 is 6.76. The second-order valence-electron chi connectivity index (χ2n) is 14.4. The third kappa shape index (κ3) is 4.68. The largest absolute Gasteiger partial charge is 0.308 e. The van der Waals surface area contributed by atoms with E-state index in [-0.39, 0.29) is 0 Å². The molecule has 0 bridgehead atoms. The summed E-state index contributed by atoms with van der Waals surface area (Å²) in [6.07, 6.45) is 0. The van der Waals surface area contributed by atoms with E-state index in [4.69, 9.17) is 15.0 Å². The molecule has 12 aromatic rings. The van der Waals surface area contributed by atoms with Crippen LogP contribution in [0.4, 0.5) is 0 Å². The van der Waals surface area contributed by atoms with Crippen LogP contribution in [0.1, 0.15) is 0 Å². The minimum absolute atomic E-state index is 0.549. The van der Waals surface area contributed by atoms with Crippen molar-refractivity contribution in [3.63, 3.8) is 0 Å². The summed E-state index contributed by atoms with van der Waals surface area (Å²) in [6.45, 7) is 0. The van der Waals surface area contributed by atoms with Crippen LogP contribution in [-0.4, -0.2) is 28.7 Å². The van der Waals surface area contributed by atoms with Gasteiger partial charge in [0.2, 0.25) is 11.9 Å². The molecule has 0 amide bonds. The third-order valence-electron chi connectivity index (χ3n) is 11.3. The van der Waals surface area contributed by atoms with Crippen molar-refractivity contribution in [2.75, 3.05) is 0 Å². The zero-order valence-corrected chi connectivity index (χ0v) is 30.7. The Morgan fingerprint density at radius 3 is 1.16 bits per heavy atom. The lowest BCUT2D eigenvalue weighted by Gasteiger charge is -2.17. The molecule has 266 valence electrons. The van der Waals surface area contributed by atoms with Gasteiger partial charge in [0.25, 0.3) is 0 Å². The molecular formula is C51H32N6. The van der Waals surface area contributed by atoms with Crippen molar-refractivity contribution >= 4 is 65.4 Å². The highest BCUT2D eigenvalue weighted by Crippen LogP contribution is 2.43. The molecule has 4 heterocycles. The molecule has 57 heavy (non-hydrogen) atoms. The predicted octanol–water partition coefficient (Wildman–Crippen LogP) is 12.5. The van der Waals surface area contributed by atoms with Crippen molar-refractivity contribution in [1.29, 1.82) is 0 Å². The molecule has 0 spiro atoms. The number of fused-ring (bicyclic) bond motifs is 9. The quantitative estimate of drug-likeness (QED) is 0.177. The van der Waals surface area contributed by atoms with Crippen LogP contribution in [0.25, 0.3) is 106 Å². The minimum Gasteiger partial charge on any atom is -0.308 e. The van der Waals surface area contributed by atoms with Gasteiger partial charge >= 0.3 is 0 Å². The van der Waals surface area contributed by atoms with Crippen molar-refractivity contribution in [2.24, 2.45) is 0 Å². The molecular weight excluding hydrogens is 697 g/mol. The fraction of sp³-hybridized carbons (Fsp3) is 0. The van der Waals surface area contributed by atoms with Crippen LogP contribution in [0.5, 0.6) is 0 Å². The predicted molar refractivity (Wildman–Crippen MR) is 234 cm³/mol. The van der Waals surface area contributed by atoms with Crippen molar-refractivity contribution in [1.82, 2.24) is 28.7 Å². The first kappa shape index (κ1) is 31.5. The van der Waals surface area contributed by atoms with Gasteiger partial charge in [0.15, 0.2) is 5.82 Å². The summed E-state index contributed by atoms with van der Waals surface area (Å²) in [4.78, 5) is 16.6. The SMILES string of the molecule is c1ccc(-c2ccc3c4ccccc4n(-c4ccccc4)c3c2-c2nc(-n3c4ccccc4c4ccccc43)nc(-n3c4ccccc4c4ccccc43)n2)cc1. The Hall–Kier alpha value is -7.83. The van der Waals surface area contributed by atoms with Gasteiger partial charge < -0.3 is 4.57 Å². The van der Waals surface area contributed by atoms with Crippen molar-refractivity contribution in [3.05, 3.63) is 194 Å². The fourth-order valence-corrected chi connectivity index (χ4v) is 8.93. The van der Waals surface area contributed by atoms with Gasteiger partial charge in [-0.1, -0.05) is 152 Å². The maximum absolute atomic E-state index is 5.57. The number of hydrogen-bond donors (Lipinski definition) is 0. The average molecular weight is 729 g/mol. The molecule has 0 N–H and O–H groups in total. The van der Waals surface area contributed by atoms with Crippen LogP contribution < -0.4 is 0 Å². The van der Waals surface area contributed by atoms with Crippen LogP contribution in [0.15, 0.2) is 194 Å². The zero-order chi connectivity index (χ0) is 37.5. The number of hydrogen-bond acceptors (Lipinski definition) is 3. The summed E-state index contributed by atoms with van der Waals surface area (Å²) in [5.74, 6) is 1.68. The van der Waals surface area contributed by atoms with Gasteiger partial charge in [-0.25, -0.2) is 0 Å². The Bertz CT molecular complexity index is 3280. The molecule has 12 rings (SSSR count). The number of nitrogens with zero attached hydrogens (tertiary/aromatic N) is 6. The first-order valence-corrected chi connectivity index (χ1v) is 19.2. The minimum atomic E-state index is 0.549. The molecule has 0 aliphatic carbocycles. The second-order valence-corrected chi connectivity index (χ2v) is 14.4. The Morgan fingerprint density at radius 2 is 0.684 bits per heavy atom. The van der Waals surface area contributed by atoms with Crippen molar-refractivity contribution in [3.8, 4) is 40.1 Å². The zero-order valence-electron chi connectivity index (χ0n) is 30.7. The first-order chi connectivity index (χ1) is 28.3. The monoisotopic (exact) mass is 728 g/mol. The molecule has 0 atom stereocenters. The number of para-hydroxylation sites is 6. The standard InChI is InChI=1S/C51H32N6/c1-3-17-33(18-4-1)35-31-32-41-40-25-11-12-26-42(40)55(34-19-5-2-6-20-34)48(41)47(35)49-52-50(56-43-27-13-7-21-36(43)37-22-8-14-28-44(37)56)54-51(53-49)57-45-29-15-9-23-38(45)39-24-10-16-30-46(39)57/h1-32H. The van der Waals surface area contributed by atoms with Crippen molar-refractivity contribution in [2.45, 2.75) is 0 Å². The molecule has 0 unspecified atom stereocenters. The normalized spacial score (nSPS) is 11.9. The van der Waals surface area contributed by atoms with E-state index in [0.717, 1.165) is 87.8 Å². The Kier molecular flexibility index (Phi) is 6.83. The van der Waals surface area contributed by atoms with Gasteiger partial charge in [0.1, 0.15) is 0 Å². The Labute approximate surface area is 327 Å². The maximum atomic E-state index is 5.57. The van der Waals surface area contributed by atoms with Gasteiger partial charge in [-0.2, -0.15) is 15.0 Å². The summed E-state index contributed by atoms with van der Waals surface area (Å²) in [7, 11) is 0. The van der Waals surface area contributed by atoms with Crippen LogP contribution >= 0.6 is 0 Å². The van der Waals surface area contributed by atoms with E-state index in [9.17, 15) is 0 Å². The number of aromatic nitrogens is 6. The molecule has 6 nitrogen and oxygen atoms in total. The lowest BCUT2D eigenvalue weighted by molar-refractivity contribution is 0.893. The third-order valence-corrected chi connectivity index (χ3v) is 11.3. The van der Waals surface area contributed by atoms with Crippen LogP contribution in [0.2, 0.25) is 0 Å². The van der Waals surface area contributed by atoms with E-state index in [1.807, 2.05) is 0 Å². The van der Waals surface area contributed by atoms with Gasteiger partial charge in [0, 0.05) is 38.0 Å². The highest BCUT2D eigenvalue weighted by atomic mass is 15.3. The highest BCUT2D eigenvalue weighted by Gasteiger charge is 2.25. The smallest absolute Gasteiger partial charge is 0.240 e. The van der Waals surface area contributed by atoms with Crippen molar-refractivity contribution < 1.29 is 0 Å². The van der Waals surface area contributed by atoms with Gasteiger partial charge in [-0.3, -0.25) is 9.13 Å².